The Hall–Kier alpha value is -1.79. The van der Waals surface area contributed by atoms with Crippen LogP contribution < -0.4 is 4.90 Å². The summed E-state index contributed by atoms with van der Waals surface area (Å²) in [5.74, 6) is 0.190. The SMILES string of the molecule is O=C1C[C@@H]2[C@H](CCN2Cc2cccs2)N1c1cncnc1. The summed E-state index contributed by atoms with van der Waals surface area (Å²) in [6.45, 7) is 2.00. The summed E-state index contributed by atoms with van der Waals surface area (Å²) in [4.78, 5) is 26.2. The fraction of sp³-hybridized carbons (Fsp3) is 0.400. The second kappa shape index (κ2) is 5.20. The van der Waals surface area contributed by atoms with Crippen molar-refractivity contribution in [1.82, 2.24) is 14.9 Å². The Morgan fingerprint density at radius 3 is 2.90 bits per heavy atom. The van der Waals surface area contributed by atoms with Crippen LogP contribution in [0.4, 0.5) is 5.69 Å². The molecule has 4 rings (SSSR count). The lowest BCUT2D eigenvalue weighted by Crippen LogP contribution is -2.37. The van der Waals surface area contributed by atoms with Crippen molar-refractivity contribution in [2.24, 2.45) is 0 Å². The van der Waals surface area contributed by atoms with Crippen molar-refractivity contribution in [2.45, 2.75) is 31.5 Å². The molecule has 0 N–H and O–H groups in total. The van der Waals surface area contributed by atoms with E-state index in [0.717, 1.165) is 25.2 Å². The lowest BCUT2D eigenvalue weighted by molar-refractivity contribution is -0.117. The third kappa shape index (κ3) is 2.24. The summed E-state index contributed by atoms with van der Waals surface area (Å²) in [6.07, 6.45) is 6.59. The average Bonchev–Trinajstić information content (AvgIpc) is 3.19. The second-order valence-corrected chi connectivity index (χ2v) is 6.57. The molecular weight excluding hydrogens is 284 g/mol. The predicted molar refractivity (Wildman–Crippen MR) is 81.1 cm³/mol. The molecule has 2 aliphatic rings. The molecule has 2 aromatic rings. The largest absolute Gasteiger partial charge is 0.305 e. The maximum atomic E-state index is 12.4. The topological polar surface area (TPSA) is 49.3 Å². The first kappa shape index (κ1) is 12.9. The Bertz CT molecular complexity index is 630. The molecule has 2 aliphatic heterocycles. The summed E-state index contributed by atoms with van der Waals surface area (Å²) in [5.41, 5.74) is 0.827. The van der Waals surface area contributed by atoms with E-state index in [0.29, 0.717) is 12.5 Å². The van der Waals surface area contributed by atoms with Gasteiger partial charge in [-0.3, -0.25) is 9.69 Å². The van der Waals surface area contributed by atoms with Crippen molar-refractivity contribution in [3.05, 3.63) is 41.1 Å². The van der Waals surface area contributed by atoms with Crippen molar-refractivity contribution in [2.75, 3.05) is 11.4 Å². The zero-order valence-corrected chi connectivity index (χ0v) is 12.4. The lowest BCUT2D eigenvalue weighted by atomic mass is 10.1. The first-order valence-electron chi connectivity index (χ1n) is 7.16. The van der Waals surface area contributed by atoms with Gasteiger partial charge in [-0.15, -0.1) is 11.3 Å². The molecule has 108 valence electrons. The maximum absolute atomic E-state index is 12.4. The van der Waals surface area contributed by atoms with Gasteiger partial charge in [0.2, 0.25) is 5.91 Å². The quantitative estimate of drug-likeness (QED) is 0.869. The normalized spacial score (nSPS) is 25.5. The number of aromatic nitrogens is 2. The minimum atomic E-state index is 0.190. The third-order valence-corrected chi connectivity index (χ3v) is 5.23. The van der Waals surface area contributed by atoms with Crippen molar-refractivity contribution >= 4 is 22.9 Å². The number of hydrogen-bond acceptors (Lipinski definition) is 5. The van der Waals surface area contributed by atoms with Gasteiger partial charge in [0, 0.05) is 30.4 Å². The first-order valence-corrected chi connectivity index (χ1v) is 8.04. The summed E-state index contributed by atoms with van der Waals surface area (Å²) < 4.78 is 0. The van der Waals surface area contributed by atoms with E-state index in [1.54, 1.807) is 23.7 Å². The molecule has 5 nitrogen and oxygen atoms in total. The van der Waals surface area contributed by atoms with Crippen LogP contribution in [0, 0.1) is 0 Å². The van der Waals surface area contributed by atoms with Crippen LogP contribution in [0.15, 0.2) is 36.2 Å². The second-order valence-electron chi connectivity index (χ2n) is 5.54. The Balaban J connectivity index is 1.55. The minimum absolute atomic E-state index is 0.190. The highest BCUT2D eigenvalue weighted by atomic mass is 32.1. The zero-order valence-electron chi connectivity index (χ0n) is 11.6. The Morgan fingerprint density at radius 2 is 2.14 bits per heavy atom. The number of anilines is 1. The lowest BCUT2D eigenvalue weighted by Gasteiger charge is -2.24. The van der Waals surface area contributed by atoms with Gasteiger partial charge < -0.3 is 4.90 Å². The molecule has 4 heterocycles. The van der Waals surface area contributed by atoms with Crippen LogP contribution in [0.25, 0.3) is 0 Å². The van der Waals surface area contributed by atoms with Crippen LogP contribution in [-0.2, 0) is 11.3 Å². The number of fused-ring (bicyclic) bond motifs is 1. The van der Waals surface area contributed by atoms with Gasteiger partial charge in [-0.25, -0.2) is 9.97 Å². The van der Waals surface area contributed by atoms with E-state index < -0.39 is 0 Å². The van der Waals surface area contributed by atoms with Crippen molar-refractivity contribution in [1.29, 1.82) is 0 Å². The van der Waals surface area contributed by atoms with E-state index in [2.05, 4.69) is 32.4 Å². The van der Waals surface area contributed by atoms with E-state index >= 15 is 0 Å². The first-order chi connectivity index (χ1) is 10.3. The van der Waals surface area contributed by atoms with Gasteiger partial charge >= 0.3 is 0 Å². The Morgan fingerprint density at radius 1 is 1.29 bits per heavy atom. The standard InChI is InChI=1S/C15H16N4OS/c20-15-6-14-13(19(15)11-7-16-10-17-8-11)3-4-18(14)9-12-2-1-5-21-12/h1-2,5,7-8,10,13-14H,3-4,6,9H2/t13-,14+/m0/s1. The summed E-state index contributed by atoms with van der Waals surface area (Å²) in [5, 5.41) is 2.11. The van der Waals surface area contributed by atoms with E-state index in [-0.39, 0.29) is 11.9 Å². The summed E-state index contributed by atoms with van der Waals surface area (Å²) in [7, 11) is 0. The highest BCUT2D eigenvalue weighted by molar-refractivity contribution is 7.09. The molecule has 2 aromatic heterocycles. The Kier molecular flexibility index (Phi) is 3.20. The van der Waals surface area contributed by atoms with Crippen molar-refractivity contribution < 1.29 is 4.79 Å². The van der Waals surface area contributed by atoms with Crippen molar-refractivity contribution in [3.63, 3.8) is 0 Å². The van der Waals surface area contributed by atoms with Crippen LogP contribution in [0.3, 0.4) is 0 Å². The van der Waals surface area contributed by atoms with Gasteiger partial charge in [0.15, 0.2) is 0 Å². The molecule has 1 amide bonds. The number of carbonyl (C=O) groups is 1. The van der Waals surface area contributed by atoms with Gasteiger partial charge in [-0.1, -0.05) is 6.07 Å². The zero-order chi connectivity index (χ0) is 14.2. The van der Waals surface area contributed by atoms with E-state index in [9.17, 15) is 4.79 Å². The molecule has 0 aliphatic carbocycles. The van der Waals surface area contributed by atoms with Gasteiger partial charge in [-0.05, 0) is 17.9 Å². The molecule has 2 fully saturated rings. The molecule has 0 saturated carbocycles. The van der Waals surface area contributed by atoms with Crippen LogP contribution in [0.2, 0.25) is 0 Å². The number of amides is 1. The number of rotatable bonds is 3. The number of carbonyl (C=O) groups excluding carboxylic acids is 1. The molecular formula is C15H16N4OS. The highest BCUT2D eigenvalue weighted by Gasteiger charge is 2.47. The minimum Gasteiger partial charge on any atom is -0.305 e. The predicted octanol–water partition coefficient (Wildman–Crippen LogP) is 1.92. The summed E-state index contributed by atoms with van der Waals surface area (Å²) >= 11 is 1.78. The van der Waals surface area contributed by atoms with Crippen LogP contribution >= 0.6 is 11.3 Å². The molecule has 0 unspecified atom stereocenters. The van der Waals surface area contributed by atoms with Crippen LogP contribution in [0.1, 0.15) is 17.7 Å². The van der Waals surface area contributed by atoms with Gasteiger partial charge in [0.05, 0.1) is 24.1 Å². The molecule has 2 saturated heterocycles. The number of hydrogen-bond donors (Lipinski definition) is 0. The van der Waals surface area contributed by atoms with Crippen LogP contribution in [-0.4, -0.2) is 39.4 Å². The highest BCUT2D eigenvalue weighted by Crippen LogP contribution is 2.36. The smallest absolute Gasteiger partial charge is 0.229 e. The third-order valence-electron chi connectivity index (χ3n) is 4.37. The van der Waals surface area contributed by atoms with E-state index in [1.807, 2.05) is 4.90 Å². The van der Waals surface area contributed by atoms with Gasteiger partial charge in [-0.2, -0.15) is 0 Å². The van der Waals surface area contributed by atoms with Gasteiger partial charge in [0.1, 0.15) is 6.33 Å². The molecule has 21 heavy (non-hydrogen) atoms. The summed E-state index contributed by atoms with van der Waals surface area (Å²) in [6, 6.07) is 4.83. The fourth-order valence-corrected chi connectivity index (χ4v) is 4.21. The molecule has 0 aromatic carbocycles. The van der Waals surface area contributed by atoms with E-state index in [1.165, 1.54) is 11.2 Å². The molecule has 0 spiro atoms. The fourth-order valence-electron chi connectivity index (χ4n) is 3.48. The molecule has 2 atom stereocenters. The number of likely N-dealkylation sites (tertiary alicyclic amines) is 1. The number of nitrogens with zero attached hydrogens (tertiary/aromatic N) is 4. The molecule has 0 radical (unpaired) electrons. The van der Waals surface area contributed by atoms with Crippen molar-refractivity contribution in [3.8, 4) is 0 Å². The molecule has 0 bridgehead atoms. The number of thiophene rings is 1. The van der Waals surface area contributed by atoms with E-state index in [4.69, 9.17) is 0 Å². The Labute approximate surface area is 127 Å². The van der Waals surface area contributed by atoms with Crippen LogP contribution in [0.5, 0.6) is 0 Å². The monoisotopic (exact) mass is 300 g/mol. The molecule has 6 heteroatoms. The van der Waals surface area contributed by atoms with Gasteiger partial charge in [0.25, 0.3) is 0 Å². The average molecular weight is 300 g/mol. The maximum Gasteiger partial charge on any atom is 0.229 e.